The number of fused-ring (bicyclic) bond motifs is 1. The Labute approximate surface area is 185 Å². The molecule has 0 aliphatic carbocycles. The number of hydrogen-bond acceptors (Lipinski definition) is 4. The van der Waals surface area contributed by atoms with Gasteiger partial charge in [0.25, 0.3) is 5.91 Å². The second-order valence-corrected chi connectivity index (χ2v) is 9.78. The van der Waals surface area contributed by atoms with Gasteiger partial charge < -0.3 is 20.1 Å². The highest BCUT2D eigenvalue weighted by Gasteiger charge is 2.35. The summed E-state index contributed by atoms with van der Waals surface area (Å²) in [6, 6.07) is 9.29. The van der Waals surface area contributed by atoms with Crippen LogP contribution in [0.25, 0.3) is 11.4 Å². The van der Waals surface area contributed by atoms with Crippen LogP contribution >= 0.6 is 0 Å². The third-order valence-electron chi connectivity index (χ3n) is 5.50. The zero-order valence-corrected chi connectivity index (χ0v) is 19.5. The number of aromatic nitrogens is 2. The highest BCUT2D eigenvalue weighted by Crippen LogP contribution is 2.27. The van der Waals surface area contributed by atoms with Crippen LogP contribution in [0, 0.1) is 5.41 Å². The van der Waals surface area contributed by atoms with Gasteiger partial charge in [0, 0.05) is 24.7 Å². The smallest absolute Gasteiger partial charge is 0.272 e. The first-order valence-electron chi connectivity index (χ1n) is 11.0. The molecule has 3 rings (SSSR count). The molecule has 1 aliphatic heterocycles. The van der Waals surface area contributed by atoms with E-state index in [1.165, 1.54) is 0 Å². The molecule has 7 heteroatoms. The van der Waals surface area contributed by atoms with Gasteiger partial charge in [-0.1, -0.05) is 51.1 Å². The molecule has 168 valence electrons. The van der Waals surface area contributed by atoms with E-state index in [0.29, 0.717) is 12.2 Å². The van der Waals surface area contributed by atoms with Gasteiger partial charge in [0.15, 0.2) is 5.69 Å². The molecule has 2 amide bonds. The Morgan fingerprint density at radius 3 is 2.35 bits per heavy atom. The number of amides is 2. The zero-order valence-electron chi connectivity index (χ0n) is 19.5. The van der Waals surface area contributed by atoms with Crippen LogP contribution in [0.5, 0.6) is 0 Å². The first-order valence-corrected chi connectivity index (χ1v) is 11.0. The fourth-order valence-corrected chi connectivity index (χ4v) is 3.95. The van der Waals surface area contributed by atoms with E-state index in [4.69, 9.17) is 4.98 Å². The van der Waals surface area contributed by atoms with Crippen molar-refractivity contribution < 1.29 is 9.59 Å². The molecule has 2 aromatic rings. The van der Waals surface area contributed by atoms with Crippen molar-refractivity contribution in [2.24, 2.45) is 5.41 Å². The van der Waals surface area contributed by atoms with Crippen molar-refractivity contribution in [3.63, 3.8) is 0 Å². The Kier molecular flexibility index (Phi) is 6.84. The molecule has 0 saturated heterocycles. The summed E-state index contributed by atoms with van der Waals surface area (Å²) in [5.74, 6) is 0.316. The molecule has 1 atom stereocenters. The highest BCUT2D eigenvalue weighted by atomic mass is 16.2. The Hall–Kier alpha value is -2.67. The number of rotatable bonds is 5. The monoisotopic (exact) mass is 425 g/mol. The summed E-state index contributed by atoms with van der Waals surface area (Å²) >= 11 is 0. The van der Waals surface area contributed by atoms with Crippen molar-refractivity contribution in [1.29, 1.82) is 0 Å². The first kappa shape index (κ1) is 23.0. The van der Waals surface area contributed by atoms with E-state index in [-0.39, 0.29) is 17.9 Å². The van der Waals surface area contributed by atoms with E-state index in [1.807, 2.05) is 65.0 Å². The van der Waals surface area contributed by atoms with Gasteiger partial charge >= 0.3 is 0 Å². The molecule has 1 unspecified atom stereocenters. The zero-order chi connectivity index (χ0) is 22.8. The van der Waals surface area contributed by atoms with Gasteiger partial charge in [0.1, 0.15) is 11.9 Å². The SMILES string of the molecule is CC(C)NC(=O)C(NC(=O)c1nc(-c2ccccc2)n2c1CN(C)CCC2)C(C)(C)C. The third-order valence-corrected chi connectivity index (χ3v) is 5.50. The Balaban J connectivity index is 2.00. The maximum atomic E-state index is 13.4. The minimum Gasteiger partial charge on any atom is -0.352 e. The second kappa shape index (κ2) is 9.22. The molecular weight excluding hydrogens is 390 g/mol. The van der Waals surface area contributed by atoms with Gasteiger partial charge in [-0.3, -0.25) is 9.59 Å². The van der Waals surface area contributed by atoms with Crippen LogP contribution in [0.15, 0.2) is 30.3 Å². The minimum absolute atomic E-state index is 0.00328. The van der Waals surface area contributed by atoms with E-state index in [9.17, 15) is 9.59 Å². The quantitative estimate of drug-likeness (QED) is 0.772. The lowest BCUT2D eigenvalue weighted by molar-refractivity contribution is -0.125. The van der Waals surface area contributed by atoms with E-state index < -0.39 is 11.5 Å². The molecule has 1 aliphatic rings. The highest BCUT2D eigenvalue weighted by molar-refractivity contribution is 5.98. The number of hydrogen-bond donors (Lipinski definition) is 2. The third kappa shape index (κ3) is 5.34. The van der Waals surface area contributed by atoms with E-state index in [1.54, 1.807) is 0 Å². The van der Waals surface area contributed by atoms with Crippen LogP contribution in [-0.2, 0) is 17.9 Å². The topological polar surface area (TPSA) is 79.3 Å². The summed E-state index contributed by atoms with van der Waals surface area (Å²) in [6.45, 7) is 12.1. The number of carbonyl (C=O) groups excluding carboxylic acids is 2. The Morgan fingerprint density at radius 1 is 1.06 bits per heavy atom. The predicted octanol–water partition coefficient (Wildman–Crippen LogP) is 3.05. The molecule has 0 saturated carbocycles. The summed E-state index contributed by atoms with van der Waals surface area (Å²) in [5, 5.41) is 5.91. The molecule has 0 spiro atoms. The second-order valence-electron chi connectivity index (χ2n) is 9.78. The number of benzene rings is 1. The van der Waals surface area contributed by atoms with Crippen molar-refractivity contribution >= 4 is 11.8 Å². The molecule has 7 nitrogen and oxygen atoms in total. The van der Waals surface area contributed by atoms with Crippen molar-refractivity contribution in [3.8, 4) is 11.4 Å². The molecule has 2 heterocycles. The van der Waals surface area contributed by atoms with Crippen molar-refractivity contribution in [2.75, 3.05) is 13.6 Å². The number of nitrogens with one attached hydrogen (secondary N) is 2. The summed E-state index contributed by atoms with van der Waals surface area (Å²) in [5.41, 5.74) is 1.84. The summed E-state index contributed by atoms with van der Waals surface area (Å²) in [4.78, 5) is 33.3. The fourth-order valence-electron chi connectivity index (χ4n) is 3.95. The maximum Gasteiger partial charge on any atom is 0.272 e. The van der Waals surface area contributed by atoms with Crippen LogP contribution in [-0.4, -0.2) is 51.9 Å². The normalized spacial score (nSPS) is 15.8. The lowest BCUT2D eigenvalue weighted by Crippen LogP contribution is -2.54. The maximum absolute atomic E-state index is 13.4. The van der Waals surface area contributed by atoms with E-state index in [0.717, 1.165) is 36.6 Å². The van der Waals surface area contributed by atoms with Gasteiger partial charge in [0.2, 0.25) is 5.91 Å². The largest absolute Gasteiger partial charge is 0.352 e. The molecule has 1 aromatic heterocycles. The number of carbonyl (C=O) groups is 2. The first-order chi connectivity index (χ1) is 14.6. The standard InChI is InChI=1S/C24H35N5O2/c1-16(2)25-23(31)20(24(3,4)5)27-22(30)19-18-15-28(6)13-10-14-29(18)21(26-19)17-11-8-7-9-12-17/h7-9,11-12,16,20H,10,13-15H2,1-6H3,(H,25,31)(H,27,30). The van der Waals surface area contributed by atoms with Gasteiger partial charge in [-0.05, 0) is 39.3 Å². The van der Waals surface area contributed by atoms with Crippen molar-refractivity contribution in [1.82, 2.24) is 25.1 Å². The van der Waals surface area contributed by atoms with Gasteiger partial charge in [0.05, 0.1) is 5.69 Å². The average Bonchev–Trinajstić information content (AvgIpc) is 2.92. The van der Waals surface area contributed by atoms with Gasteiger partial charge in [-0.25, -0.2) is 4.98 Å². The fraction of sp³-hybridized carbons (Fsp3) is 0.542. The van der Waals surface area contributed by atoms with E-state index in [2.05, 4.69) is 27.1 Å². The summed E-state index contributed by atoms with van der Waals surface area (Å²) in [7, 11) is 2.06. The molecule has 1 aromatic carbocycles. The van der Waals surface area contributed by atoms with Gasteiger partial charge in [-0.2, -0.15) is 0 Å². The number of nitrogens with zero attached hydrogens (tertiary/aromatic N) is 3. The van der Waals surface area contributed by atoms with E-state index >= 15 is 0 Å². The molecule has 2 N–H and O–H groups in total. The average molecular weight is 426 g/mol. The van der Waals surface area contributed by atoms with Crippen LogP contribution in [0.2, 0.25) is 0 Å². The van der Waals surface area contributed by atoms with Crippen molar-refractivity contribution in [2.45, 2.75) is 66.2 Å². The minimum atomic E-state index is -0.663. The molecule has 0 bridgehead atoms. The molecular formula is C24H35N5O2. The predicted molar refractivity (Wildman–Crippen MR) is 123 cm³/mol. The van der Waals surface area contributed by atoms with Crippen molar-refractivity contribution in [3.05, 3.63) is 41.7 Å². The summed E-state index contributed by atoms with van der Waals surface area (Å²) in [6.07, 6.45) is 0.988. The molecule has 31 heavy (non-hydrogen) atoms. The van der Waals surface area contributed by atoms with Crippen LogP contribution < -0.4 is 10.6 Å². The Morgan fingerprint density at radius 2 is 1.74 bits per heavy atom. The van der Waals surface area contributed by atoms with Crippen LogP contribution in [0.3, 0.4) is 0 Å². The van der Waals surface area contributed by atoms with Gasteiger partial charge in [-0.15, -0.1) is 0 Å². The molecule has 0 radical (unpaired) electrons. The van der Waals surface area contributed by atoms with Crippen LogP contribution in [0.4, 0.5) is 0 Å². The van der Waals surface area contributed by atoms with Crippen LogP contribution in [0.1, 0.15) is 57.2 Å². The number of imidazole rings is 1. The summed E-state index contributed by atoms with van der Waals surface area (Å²) < 4.78 is 2.16. The molecule has 0 fully saturated rings. The lowest BCUT2D eigenvalue weighted by Gasteiger charge is -2.31. The Bertz CT molecular complexity index is 927. The lowest BCUT2D eigenvalue weighted by atomic mass is 9.86.